The molecule has 1 heterocycles. The lowest BCUT2D eigenvalue weighted by Crippen LogP contribution is -2.31. The molecule has 6 heteroatoms. The highest BCUT2D eigenvalue weighted by Gasteiger charge is 2.45. The van der Waals surface area contributed by atoms with E-state index in [0.29, 0.717) is 11.3 Å². The van der Waals surface area contributed by atoms with Gasteiger partial charge in [0.15, 0.2) is 0 Å². The molecular weight excluding hydrogens is 332 g/mol. The highest BCUT2D eigenvalue weighted by molar-refractivity contribution is 6.24. The standard InChI is InChI=1S/C20H18N2O4/c1-12-9-15-17(19(24)22(18(15)23)14-7-8-14)16(10-12)21-20(25)26-11-13-5-3-2-4-6-13/h2-6,9-10,14H,7-8,11H2,1H3,(H,21,25). The summed E-state index contributed by atoms with van der Waals surface area (Å²) in [6.07, 6.45) is 1.02. The van der Waals surface area contributed by atoms with Gasteiger partial charge in [-0.2, -0.15) is 0 Å². The zero-order chi connectivity index (χ0) is 18.3. The first-order valence-electron chi connectivity index (χ1n) is 8.55. The van der Waals surface area contributed by atoms with Crippen molar-refractivity contribution in [1.82, 2.24) is 4.90 Å². The van der Waals surface area contributed by atoms with Gasteiger partial charge < -0.3 is 4.74 Å². The molecule has 0 radical (unpaired) electrons. The van der Waals surface area contributed by atoms with Gasteiger partial charge in [0.25, 0.3) is 11.8 Å². The van der Waals surface area contributed by atoms with E-state index in [1.807, 2.05) is 37.3 Å². The van der Waals surface area contributed by atoms with Crippen molar-refractivity contribution in [1.29, 1.82) is 0 Å². The summed E-state index contributed by atoms with van der Waals surface area (Å²) in [6.45, 7) is 1.94. The molecule has 2 aromatic rings. The minimum absolute atomic E-state index is 0.0133. The van der Waals surface area contributed by atoms with Crippen LogP contribution >= 0.6 is 0 Å². The molecule has 1 fully saturated rings. The van der Waals surface area contributed by atoms with E-state index in [1.165, 1.54) is 4.90 Å². The third kappa shape index (κ3) is 2.94. The summed E-state index contributed by atoms with van der Waals surface area (Å²) >= 11 is 0. The highest BCUT2D eigenvalue weighted by atomic mass is 16.5. The Morgan fingerprint density at radius 1 is 1.15 bits per heavy atom. The molecule has 26 heavy (non-hydrogen) atoms. The third-order valence-electron chi connectivity index (χ3n) is 4.53. The predicted octanol–water partition coefficient (Wildman–Crippen LogP) is 3.50. The summed E-state index contributed by atoms with van der Waals surface area (Å²) in [4.78, 5) is 38.7. The van der Waals surface area contributed by atoms with Crippen LogP contribution in [-0.4, -0.2) is 28.8 Å². The van der Waals surface area contributed by atoms with Crippen LogP contribution in [0.4, 0.5) is 10.5 Å². The van der Waals surface area contributed by atoms with Gasteiger partial charge in [0.2, 0.25) is 0 Å². The van der Waals surface area contributed by atoms with Crippen LogP contribution in [0.25, 0.3) is 0 Å². The second-order valence-electron chi connectivity index (χ2n) is 6.63. The maximum atomic E-state index is 12.7. The van der Waals surface area contributed by atoms with Gasteiger partial charge in [-0.15, -0.1) is 0 Å². The zero-order valence-corrected chi connectivity index (χ0v) is 14.3. The van der Waals surface area contributed by atoms with Crippen molar-refractivity contribution in [2.75, 3.05) is 5.32 Å². The molecule has 3 amide bonds. The molecule has 0 aromatic heterocycles. The lowest BCUT2D eigenvalue weighted by molar-refractivity contribution is 0.0643. The normalized spacial score (nSPS) is 15.8. The molecule has 0 spiro atoms. The fraction of sp³-hybridized carbons (Fsp3) is 0.250. The average molecular weight is 350 g/mol. The Balaban J connectivity index is 1.54. The molecule has 2 aliphatic rings. The van der Waals surface area contributed by atoms with Crippen molar-refractivity contribution in [3.63, 3.8) is 0 Å². The number of carbonyl (C=O) groups is 3. The largest absolute Gasteiger partial charge is 0.444 e. The lowest BCUT2D eigenvalue weighted by Gasteiger charge is -2.12. The van der Waals surface area contributed by atoms with Crippen LogP contribution in [0.3, 0.4) is 0 Å². The number of benzene rings is 2. The van der Waals surface area contributed by atoms with Crippen LogP contribution in [0.1, 0.15) is 44.7 Å². The first-order chi connectivity index (χ1) is 12.5. The number of amides is 3. The number of ether oxygens (including phenoxy) is 1. The number of nitrogens with zero attached hydrogens (tertiary/aromatic N) is 1. The molecule has 4 rings (SSSR count). The van der Waals surface area contributed by atoms with E-state index < -0.39 is 6.09 Å². The Hall–Kier alpha value is -3.15. The van der Waals surface area contributed by atoms with Crippen molar-refractivity contribution in [3.8, 4) is 0 Å². The number of imide groups is 1. The quantitative estimate of drug-likeness (QED) is 0.856. The van der Waals surface area contributed by atoms with E-state index in [-0.39, 0.29) is 30.0 Å². The number of aryl methyl sites for hydroxylation is 1. The molecule has 0 saturated heterocycles. The third-order valence-corrected chi connectivity index (χ3v) is 4.53. The van der Waals surface area contributed by atoms with Gasteiger partial charge in [-0.1, -0.05) is 30.3 Å². The van der Waals surface area contributed by atoms with Crippen molar-refractivity contribution in [3.05, 3.63) is 64.7 Å². The summed E-state index contributed by atoms with van der Waals surface area (Å²) in [5.74, 6) is -0.622. The predicted molar refractivity (Wildman–Crippen MR) is 95.0 cm³/mol. The molecule has 0 unspecified atom stereocenters. The Morgan fingerprint density at radius 3 is 2.58 bits per heavy atom. The van der Waals surface area contributed by atoms with Crippen LogP contribution < -0.4 is 5.32 Å². The molecule has 0 atom stereocenters. The number of hydrogen-bond acceptors (Lipinski definition) is 4. The number of fused-ring (bicyclic) bond motifs is 1. The summed E-state index contributed by atoms with van der Waals surface area (Å²) in [7, 11) is 0. The average Bonchev–Trinajstić information content (AvgIpc) is 3.41. The molecule has 1 aliphatic heterocycles. The van der Waals surface area contributed by atoms with E-state index in [2.05, 4.69) is 5.32 Å². The number of nitrogens with one attached hydrogen (secondary N) is 1. The minimum atomic E-state index is -0.660. The Morgan fingerprint density at radius 2 is 1.88 bits per heavy atom. The fourth-order valence-electron chi connectivity index (χ4n) is 3.16. The van der Waals surface area contributed by atoms with E-state index >= 15 is 0 Å². The Kier molecular flexibility index (Phi) is 3.95. The van der Waals surface area contributed by atoms with Crippen LogP contribution in [-0.2, 0) is 11.3 Å². The van der Waals surface area contributed by atoms with Crippen molar-refractivity contribution in [2.24, 2.45) is 0 Å². The summed E-state index contributed by atoms with van der Waals surface area (Å²) in [6, 6.07) is 12.7. The molecular formula is C20H18N2O4. The highest BCUT2D eigenvalue weighted by Crippen LogP contribution is 2.38. The maximum absolute atomic E-state index is 12.7. The van der Waals surface area contributed by atoms with Crippen LogP contribution in [0.5, 0.6) is 0 Å². The fourth-order valence-corrected chi connectivity index (χ4v) is 3.16. The van der Waals surface area contributed by atoms with Gasteiger partial charge in [0.05, 0.1) is 16.8 Å². The van der Waals surface area contributed by atoms with Gasteiger partial charge in [-0.05, 0) is 43.0 Å². The molecule has 0 bridgehead atoms. The van der Waals surface area contributed by atoms with Crippen molar-refractivity contribution < 1.29 is 19.1 Å². The van der Waals surface area contributed by atoms with E-state index in [9.17, 15) is 14.4 Å². The minimum Gasteiger partial charge on any atom is -0.444 e. The molecule has 1 saturated carbocycles. The zero-order valence-electron chi connectivity index (χ0n) is 14.3. The monoisotopic (exact) mass is 350 g/mol. The topological polar surface area (TPSA) is 75.7 Å². The Labute approximate surface area is 150 Å². The molecule has 132 valence electrons. The summed E-state index contributed by atoms with van der Waals surface area (Å²) in [5, 5.41) is 2.62. The number of anilines is 1. The molecule has 1 aliphatic carbocycles. The Bertz CT molecular complexity index is 904. The van der Waals surface area contributed by atoms with Crippen molar-refractivity contribution in [2.45, 2.75) is 32.4 Å². The van der Waals surface area contributed by atoms with E-state index in [0.717, 1.165) is 24.0 Å². The van der Waals surface area contributed by atoms with E-state index in [4.69, 9.17) is 4.74 Å². The molecule has 6 nitrogen and oxygen atoms in total. The molecule has 1 N–H and O–H groups in total. The number of carbonyl (C=O) groups excluding carboxylic acids is 3. The number of hydrogen-bond donors (Lipinski definition) is 1. The van der Waals surface area contributed by atoms with Crippen LogP contribution in [0.15, 0.2) is 42.5 Å². The van der Waals surface area contributed by atoms with Gasteiger partial charge in [-0.25, -0.2) is 4.79 Å². The second-order valence-corrected chi connectivity index (χ2v) is 6.63. The summed E-state index contributed by atoms with van der Waals surface area (Å²) in [5.41, 5.74) is 2.58. The second kappa shape index (κ2) is 6.29. The maximum Gasteiger partial charge on any atom is 0.411 e. The van der Waals surface area contributed by atoms with Gasteiger partial charge >= 0.3 is 6.09 Å². The van der Waals surface area contributed by atoms with E-state index in [1.54, 1.807) is 12.1 Å². The van der Waals surface area contributed by atoms with Gasteiger partial charge in [-0.3, -0.25) is 19.8 Å². The number of rotatable bonds is 4. The van der Waals surface area contributed by atoms with Crippen molar-refractivity contribution >= 4 is 23.6 Å². The van der Waals surface area contributed by atoms with Crippen LogP contribution in [0.2, 0.25) is 0 Å². The SMILES string of the molecule is Cc1cc(NC(=O)OCc2ccccc2)c2c(c1)C(=O)N(C1CC1)C2=O. The molecule has 2 aromatic carbocycles. The smallest absolute Gasteiger partial charge is 0.411 e. The van der Waals surface area contributed by atoms with Crippen LogP contribution in [0, 0.1) is 6.92 Å². The summed E-state index contributed by atoms with van der Waals surface area (Å²) < 4.78 is 5.22. The lowest BCUT2D eigenvalue weighted by atomic mass is 10.0. The first-order valence-corrected chi connectivity index (χ1v) is 8.55. The first kappa shape index (κ1) is 16.3. The van der Waals surface area contributed by atoms with Gasteiger partial charge in [0, 0.05) is 6.04 Å². The van der Waals surface area contributed by atoms with Gasteiger partial charge in [0.1, 0.15) is 6.61 Å².